The van der Waals surface area contributed by atoms with Crippen molar-refractivity contribution in [1.82, 2.24) is 19.9 Å². The molecular weight excluding hydrogens is 292 g/mol. The van der Waals surface area contributed by atoms with Gasteiger partial charge in [0.05, 0.1) is 6.54 Å². The minimum absolute atomic E-state index is 0.0583. The number of likely N-dealkylation sites (N-methyl/N-ethyl adjacent to an activating group) is 1. The van der Waals surface area contributed by atoms with E-state index in [0.29, 0.717) is 17.7 Å². The summed E-state index contributed by atoms with van der Waals surface area (Å²) in [6.45, 7) is 9.29. The Morgan fingerprint density at radius 1 is 1.26 bits per heavy atom. The molecule has 3 fully saturated rings. The summed E-state index contributed by atoms with van der Waals surface area (Å²) in [4.78, 5) is 19.4. The maximum absolute atomic E-state index is 12.6. The number of carbonyl (C=O) groups is 1. The van der Waals surface area contributed by atoms with Gasteiger partial charge in [-0.15, -0.1) is 0 Å². The van der Waals surface area contributed by atoms with Crippen LogP contribution in [0.15, 0.2) is 10.6 Å². The van der Waals surface area contributed by atoms with Gasteiger partial charge in [0.15, 0.2) is 11.5 Å². The lowest BCUT2D eigenvalue weighted by Gasteiger charge is -2.33. The van der Waals surface area contributed by atoms with E-state index in [1.807, 2.05) is 11.0 Å². The number of hydrogen-bond acceptors (Lipinski definition) is 5. The van der Waals surface area contributed by atoms with Crippen molar-refractivity contribution < 1.29 is 9.32 Å². The Labute approximate surface area is 137 Å². The molecule has 1 aromatic rings. The Balaban J connectivity index is 1.35. The number of carbonyl (C=O) groups excluding carboxylic acids is 1. The molecule has 1 amide bonds. The molecule has 1 aliphatic carbocycles. The average Bonchev–Trinajstić information content (AvgIpc) is 3.31. The molecule has 0 radical (unpaired) electrons. The Morgan fingerprint density at radius 2 is 2.04 bits per heavy atom. The standard InChI is InChI=1S/C17H26N4O2/c1-2-19-5-7-20(8-6-19)12-15-10-16(18-23-15)17(22)21-11-13-3-4-14(21)9-13/h10,13-14H,2-9,11-12H2,1H3/t13-,14-/m0/s1. The molecule has 6 heteroatoms. The summed E-state index contributed by atoms with van der Waals surface area (Å²) < 4.78 is 5.43. The summed E-state index contributed by atoms with van der Waals surface area (Å²) in [5, 5.41) is 4.04. The van der Waals surface area contributed by atoms with E-state index in [-0.39, 0.29) is 5.91 Å². The number of likely N-dealkylation sites (tertiary alicyclic amines) is 1. The molecule has 2 bridgehead atoms. The van der Waals surface area contributed by atoms with Crippen molar-refractivity contribution in [1.29, 1.82) is 0 Å². The zero-order valence-corrected chi connectivity index (χ0v) is 13.9. The van der Waals surface area contributed by atoms with Gasteiger partial charge in [-0.1, -0.05) is 12.1 Å². The lowest BCUT2D eigenvalue weighted by Crippen LogP contribution is -2.45. The molecule has 126 valence electrons. The summed E-state index contributed by atoms with van der Waals surface area (Å²) in [7, 11) is 0. The first kappa shape index (κ1) is 15.1. The second kappa shape index (κ2) is 6.24. The highest BCUT2D eigenvalue weighted by Gasteiger charge is 2.41. The molecule has 23 heavy (non-hydrogen) atoms. The zero-order chi connectivity index (χ0) is 15.8. The Bertz CT molecular complexity index is 565. The van der Waals surface area contributed by atoms with Gasteiger partial charge in [0.2, 0.25) is 0 Å². The van der Waals surface area contributed by atoms with Gasteiger partial charge in [-0.3, -0.25) is 9.69 Å². The molecule has 3 aliphatic rings. The highest BCUT2D eigenvalue weighted by atomic mass is 16.5. The van der Waals surface area contributed by atoms with E-state index in [9.17, 15) is 4.79 Å². The quantitative estimate of drug-likeness (QED) is 0.841. The minimum Gasteiger partial charge on any atom is -0.359 e. The van der Waals surface area contributed by atoms with Crippen LogP contribution >= 0.6 is 0 Å². The molecule has 3 heterocycles. The molecule has 4 rings (SSSR count). The van der Waals surface area contributed by atoms with Crippen molar-refractivity contribution in [2.45, 2.75) is 38.8 Å². The summed E-state index contributed by atoms with van der Waals surface area (Å²) in [5.74, 6) is 1.58. The zero-order valence-electron chi connectivity index (χ0n) is 13.9. The second-order valence-electron chi connectivity index (χ2n) is 7.18. The van der Waals surface area contributed by atoms with E-state index in [2.05, 4.69) is 21.9 Å². The molecule has 6 nitrogen and oxygen atoms in total. The van der Waals surface area contributed by atoms with Crippen molar-refractivity contribution in [3.63, 3.8) is 0 Å². The largest absolute Gasteiger partial charge is 0.359 e. The smallest absolute Gasteiger partial charge is 0.276 e. The number of rotatable bonds is 4. The van der Waals surface area contributed by atoms with Crippen LogP contribution in [0.2, 0.25) is 0 Å². The average molecular weight is 318 g/mol. The number of piperazine rings is 1. The van der Waals surface area contributed by atoms with Crippen LogP contribution in [-0.2, 0) is 6.54 Å². The van der Waals surface area contributed by atoms with Crippen molar-refractivity contribution >= 4 is 5.91 Å². The summed E-state index contributed by atoms with van der Waals surface area (Å²) in [6, 6.07) is 2.29. The molecular formula is C17H26N4O2. The third-order valence-corrected chi connectivity index (χ3v) is 5.74. The molecule has 0 N–H and O–H groups in total. The fraction of sp³-hybridized carbons (Fsp3) is 0.765. The Kier molecular flexibility index (Phi) is 4.11. The predicted octanol–water partition coefficient (Wildman–Crippen LogP) is 1.44. The van der Waals surface area contributed by atoms with Crippen molar-refractivity contribution in [2.75, 3.05) is 39.3 Å². The number of aromatic nitrogens is 1. The number of nitrogens with zero attached hydrogens (tertiary/aromatic N) is 4. The Morgan fingerprint density at radius 3 is 2.70 bits per heavy atom. The maximum Gasteiger partial charge on any atom is 0.276 e. The third-order valence-electron chi connectivity index (χ3n) is 5.74. The summed E-state index contributed by atoms with van der Waals surface area (Å²) in [5.41, 5.74) is 0.486. The molecule has 0 aromatic carbocycles. The van der Waals surface area contributed by atoms with Gasteiger partial charge in [-0.25, -0.2) is 0 Å². The maximum atomic E-state index is 12.6. The normalized spacial score (nSPS) is 28.7. The molecule has 1 saturated carbocycles. The van der Waals surface area contributed by atoms with Gasteiger partial charge in [0, 0.05) is 44.8 Å². The molecule has 2 saturated heterocycles. The minimum atomic E-state index is 0.0583. The fourth-order valence-electron chi connectivity index (χ4n) is 4.29. The van der Waals surface area contributed by atoms with E-state index < -0.39 is 0 Å². The van der Waals surface area contributed by atoms with E-state index in [0.717, 1.165) is 58.0 Å². The number of amides is 1. The van der Waals surface area contributed by atoms with Crippen molar-refractivity contribution in [2.24, 2.45) is 5.92 Å². The number of piperidine rings is 1. The van der Waals surface area contributed by atoms with Gasteiger partial charge in [-0.2, -0.15) is 0 Å². The van der Waals surface area contributed by atoms with Crippen LogP contribution in [0.1, 0.15) is 42.4 Å². The number of hydrogen-bond donors (Lipinski definition) is 0. The van der Waals surface area contributed by atoms with Crippen molar-refractivity contribution in [3.8, 4) is 0 Å². The second-order valence-corrected chi connectivity index (χ2v) is 7.18. The predicted molar refractivity (Wildman–Crippen MR) is 86.1 cm³/mol. The first-order chi connectivity index (χ1) is 11.2. The van der Waals surface area contributed by atoms with Crippen LogP contribution in [0.4, 0.5) is 0 Å². The first-order valence-electron chi connectivity index (χ1n) is 8.94. The first-order valence-corrected chi connectivity index (χ1v) is 8.94. The van der Waals surface area contributed by atoms with Gasteiger partial charge in [-0.05, 0) is 31.7 Å². The Hall–Kier alpha value is -1.40. The van der Waals surface area contributed by atoms with Crippen LogP contribution in [0.25, 0.3) is 0 Å². The summed E-state index contributed by atoms with van der Waals surface area (Å²) >= 11 is 0. The third kappa shape index (κ3) is 3.02. The van der Waals surface area contributed by atoms with Crippen LogP contribution in [0.3, 0.4) is 0 Å². The molecule has 0 unspecified atom stereocenters. The van der Waals surface area contributed by atoms with Crippen LogP contribution in [0, 0.1) is 5.92 Å². The van der Waals surface area contributed by atoms with Crippen LogP contribution in [0.5, 0.6) is 0 Å². The van der Waals surface area contributed by atoms with Crippen LogP contribution in [-0.4, -0.2) is 71.1 Å². The summed E-state index contributed by atoms with van der Waals surface area (Å²) in [6.07, 6.45) is 3.61. The van der Waals surface area contributed by atoms with E-state index in [1.54, 1.807) is 0 Å². The van der Waals surface area contributed by atoms with Crippen molar-refractivity contribution in [3.05, 3.63) is 17.5 Å². The molecule has 1 aromatic heterocycles. The molecule has 2 atom stereocenters. The molecule has 2 aliphatic heterocycles. The lowest BCUT2D eigenvalue weighted by molar-refractivity contribution is 0.0692. The van der Waals surface area contributed by atoms with Gasteiger partial charge >= 0.3 is 0 Å². The monoisotopic (exact) mass is 318 g/mol. The topological polar surface area (TPSA) is 52.8 Å². The molecule has 0 spiro atoms. The van der Waals surface area contributed by atoms with E-state index in [4.69, 9.17) is 4.52 Å². The van der Waals surface area contributed by atoms with Gasteiger partial charge in [0.1, 0.15) is 0 Å². The van der Waals surface area contributed by atoms with E-state index >= 15 is 0 Å². The van der Waals surface area contributed by atoms with Gasteiger partial charge in [0.25, 0.3) is 5.91 Å². The highest BCUT2D eigenvalue weighted by Crippen LogP contribution is 2.38. The SMILES string of the molecule is CCN1CCN(Cc2cc(C(=O)N3C[C@H]4CC[C@H]3C4)no2)CC1. The van der Waals surface area contributed by atoms with E-state index in [1.165, 1.54) is 12.8 Å². The highest BCUT2D eigenvalue weighted by molar-refractivity contribution is 5.92. The number of fused-ring (bicyclic) bond motifs is 2. The lowest BCUT2D eigenvalue weighted by atomic mass is 10.1. The van der Waals surface area contributed by atoms with Crippen LogP contribution < -0.4 is 0 Å². The van der Waals surface area contributed by atoms with Gasteiger partial charge < -0.3 is 14.3 Å². The fourth-order valence-corrected chi connectivity index (χ4v) is 4.29.